The molecule has 1 aromatic heterocycles. The number of rotatable bonds is 6. The molecule has 1 rings (SSSR count). The van der Waals surface area contributed by atoms with Gasteiger partial charge in [0.05, 0.1) is 0 Å². The Bertz CT molecular complexity index is 398. The normalized spacial score (nSPS) is 11.7. The van der Waals surface area contributed by atoms with Crippen LogP contribution in [0.2, 0.25) is 0 Å². The van der Waals surface area contributed by atoms with Crippen molar-refractivity contribution in [2.24, 2.45) is 0 Å². The number of nitrogens with zero attached hydrogens (tertiary/aromatic N) is 1. The average Bonchev–Trinajstić information content (AvgIpc) is 2.36. The fourth-order valence-electron chi connectivity index (χ4n) is 1.44. The molecule has 0 saturated heterocycles. The van der Waals surface area contributed by atoms with Crippen molar-refractivity contribution in [1.82, 2.24) is 15.6 Å². The Balaban J connectivity index is 2.34. The zero-order chi connectivity index (χ0) is 13.4. The van der Waals surface area contributed by atoms with Crippen LogP contribution in [-0.2, 0) is 16.0 Å². The van der Waals surface area contributed by atoms with E-state index >= 15 is 0 Å². The van der Waals surface area contributed by atoms with Gasteiger partial charge >= 0.3 is 0 Å². The maximum atomic E-state index is 11.7. The van der Waals surface area contributed by atoms with Crippen LogP contribution in [0.25, 0.3) is 0 Å². The second kappa shape index (κ2) is 7.71. The van der Waals surface area contributed by atoms with Gasteiger partial charge in [-0.2, -0.15) is 12.6 Å². The molecule has 0 bridgehead atoms. The molecule has 2 amide bonds. The Morgan fingerprint density at radius 2 is 2.06 bits per heavy atom. The van der Waals surface area contributed by atoms with Gasteiger partial charge in [-0.05, 0) is 24.1 Å². The lowest BCUT2D eigenvalue weighted by Gasteiger charge is -2.15. The first-order valence-corrected chi connectivity index (χ1v) is 6.31. The maximum absolute atomic E-state index is 11.7. The third-order valence-electron chi connectivity index (χ3n) is 2.34. The molecule has 0 spiro atoms. The predicted octanol–water partition coefficient (Wildman–Crippen LogP) is 0.175. The van der Waals surface area contributed by atoms with Crippen molar-refractivity contribution in [1.29, 1.82) is 0 Å². The van der Waals surface area contributed by atoms with Crippen molar-refractivity contribution < 1.29 is 9.59 Å². The van der Waals surface area contributed by atoms with Gasteiger partial charge < -0.3 is 10.6 Å². The minimum absolute atomic E-state index is 0.214. The second-order valence-corrected chi connectivity index (χ2v) is 4.20. The summed E-state index contributed by atoms with van der Waals surface area (Å²) in [5.74, 6) is -0.173. The molecule has 0 aliphatic heterocycles. The van der Waals surface area contributed by atoms with Crippen LogP contribution in [-0.4, -0.2) is 35.1 Å². The van der Waals surface area contributed by atoms with Crippen molar-refractivity contribution in [3.63, 3.8) is 0 Å². The molecule has 1 heterocycles. The number of carbonyl (C=O) groups is 2. The summed E-state index contributed by atoms with van der Waals surface area (Å²) < 4.78 is 0. The first kappa shape index (κ1) is 14.5. The largest absolute Gasteiger partial charge is 0.354 e. The molecule has 5 nitrogen and oxygen atoms in total. The Morgan fingerprint density at radius 1 is 1.39 bits per heavy atom. The highest BCUT2D eigenvalue weighted by atomic mass is 32.1. The molecule has 0 aromatic carbocycles. The Kier molecular flexibility index (Phi) is 6.21. The molecule has 0 aliphatic rings. The van der Waals surface area contributed by atoms with Gasteiger partial charge in [-0.25, -0.2) is 0 Å². The summed E-state index contributed by atoms with van der Waals surface area (Å²) in [4.78, 5) is 26.5. The van der Waals surface area contributed by atoms with E-state index in [4.69, 9.17) is 0 Å². The molecule has 18 heavy (non-hydrogen) atoms. The van der Waals surface area contributed by atoms with E-state index in [-0.39, 0.29) is 17.6 Å². The Labute approximate surface area is 112 Å². The molecule has 2 N–H and O–H groups in total. The lowest BCUT2D eigenvalue weighted by Crippen LogP contribution is -2.47. The number of hydrogen-bond acceptors (Lipinski definition) is 4. The number of thiol groups is 1. The lowest BCUT2D eigenvalue weighted by molar-refractivity contribution is -0.127. The zero-order valence-corrected chi connectivity index (χ0v) is 11.1. The molecule has 1 atom stereocenters. The van der Waals surface area contributed by atoms with E-state index in [0.29, 0.717) is 6.54 Å². The van der Waals surface area contributed by atoms with E-state index in [0.717, 1.165) is 12.0 Å². The minimum Gasteiger partial charge on any atom is -0.354 e. The molecular formula is C12H17N3O2S. The molecule has 6 heteroatoms. The van der Waals surface area contributed by atoms with Crippen LogP contribution in [0.3, 0.4) is 0 Å². The zero-order valence-electron chi connectivity index (χ0n) is 10.2. The van der Waals surface area contributed by atoms with Gasteiger partial charge in [0.25, 0.3) is 0 Å². The summed E-state index contributed by atoms with van der Waals surface area (Å²) >= 11 is 4.04. The van der Waals surface area contributed by atoms with Crippen molar-refractivity contribution in [3.05, 3.63) is 30.1 Å². The molecule has 98 valence electrons. The van der Waals surface area contributed by atoms with E-state index in [9.17, 15) is 9.59 Å². The minimum atomic E-state index is -0.580. The van der Waals surface area contributed by atoms with Crippen LogP contribution in [0.15, 0.2) is 24.5 Å². The molecule has 0 fully saturated rings. The van der Waals surface area contributed by atoms with Gasteiger partial charge in [0.2, 0.25) is 11.8 Å². The summed E-state index contributed by atoms with van der Waals surface area (Å²) in [5, 5.41) is 5.31. The number of pyridine rings is 1. The lowest BCUT2D eigenvalue weighted by atomic mass is 10.2. The molecule has 0 saturated carbocycles. The van der Waals surface area contributed by atoms with E-state index in [1.54, 1.807) is 12.4 Å². The smallest absolute Gasteiger partial charge is 0.243 e. The van der Waals surface area contributed by atoms with Crippen LogP contribution < -0.4 is 10.6 Å². The molecule has 0 aliphatic carbocycles. The van der Waals surface area contributed by atoms with Gasteiger partial charge in [0, 0.05) is 31.6 Å². The number of nitrogens with one attached hydrogen (secondary N) is 2. The van der Waals surface area contributed by atoms with Crippen molar-refractivity contribution >= 4 is 24.4 Å². The summed E-state index contributed by atoms with van der Waals surface area (Å²) in [6.45, 7) is 1.90. The first-order valence-electron chi connectivity index (χ1n) is 5.68. The predicted molar refractivity (Wildman–Crippen MR) is 72.4 cm³/mol. The monoisotopic (exact) mass is 267 g/mol. The number of amides is 2. The third kappa shape index (κ3) is 5.18. The Morgan fingerprint density at radius 3 is 2.61 bits per heavy atom. The van der Waals surface area contributed by atoms with Crippen LogP contribution >= 0.6 is 12.6 Å². The van der Waals surface area contributed by atoms with Crippen LogP contribution in [0.5, 0.6) is 0 Å². The van der Waals surface area contributed by atoms with Crippen LogP contribution in [0.1, 0.15) is 12.5 Å². The average molecular weight is 267 g/mol. The summed E-state index contributed by atoms with van der Waals surface area (Å²) in [7, 11) is 0. The van der Waals surface area contributed by atoms with Crippen LogP contribution in [0.4, 0.5) is 0 Å². The van der Waals surface area contributed by atoms with Crippen molar-refractivity contribution in [3.8, 4) is 0 Å². The molecule has 0 radical (unpaired) electrons. The van der Waals surface area contributed by atoms with E-state index in [2.05, 4.69) is 28.2 Å². The number of hydrogen-bond donors (Lipinski definition) is 3. The van der Waals surface area contributed by atoms with Crippen molar-refractivity contribution in [2.75, 3.05) is 12.3 Å². The van der Waals surface area contributed by atoms with Gasteiger partial charge in [-0.1, -0.05) is 0 Å². The van der Waals surface area contributed by atoms with E-state index in [1.807, 2.05) is 12.1 Å². The highest BCUT2D eigenvalue weighted by Gasteiger charge is 2.16. The third-order valence-corrected chi connectivity index (χ3v) is 2.70. The van der Waals surface area contributed by atoms with Gasteiger partial charge in [0.15, 0.2) is 0 Å². The van der Waals surface area contributed by atoms with E-state index in [1.165, 1.54) is 6.92 Å². The first-order chi connectivity index (χ1) is 8.63. The van der Waals surface area contributed by atoms with E-state index < -0.39 is 6.04 Å². The maximum Gasteiger partial charge on any atom is 0.243 e. The number of aromatic nitrogens is 1. The molecule has 1 unspecified atom stereocenters. The van der Waals surface area contributed by atoms with Crippen molar-refractivity contribution in [2.45, 2.75) is 19.4 Å². The highest BCUT2D eigenvalue weighted by molar-refractivity contribution is 7.80. The highest BCUT2D eigenvalue weighted by Crippen LogP contribution is 1.96. The second-order valence-electron chi connectivity index (χ2n) is 3.83. The van der Waals surface area contributed by atoms with Crippen LogP contribution in [0, 0.1) is 0 Å². The fraction of sp³-hybridized carbons (Fsp3) is 0.417. The Hall–Kier alpha value is -1.56. The SMILES string of the molecule is CC(=O)NC(CS)C(=O)NCCc1ccncc1. The molecular weight excluding hydrogens is 250 g/mol. The topological polar surface area (TPSA) is 71.1 Å². The standard InChI is InChI=1S/C12H17N3O2S/c1-9(16)15-11(8-18)12(17)14-7-4-10-2-5-13-6-3-10/h2-3,5-6,11,18H,4,7-8H2,1H3,(H,14,17)(H,15,16). The van der Waals surface area contributed by atoms with Gasteiger partial charge in [-0.3, -0.25) is 14.6 Å². The van der Waals surface area contributed by atoms with Gasteiger partial charge in [0.1, 0.15) is 6.04 Å². The van der Waals surface area contributed by atoms with Gasteiger partial charge in [-0.15, -0.1) is 0 Å². The number of carbonyl (C=O) groups excluding carboxylic acids is 2. The quantitative estimate of drug-likeness (QED) is 0.644. The molecule has 1 aromatic rings. The summed E-state index contributed by atoms with van der Waals surface area (Å²) in [5.41, 5.74) is 1.10. The summed E-state index contributed by atoms with van der Waals surface area (Å²) in [6.07, 6.45) is 4.16. The summed E-state index contributed by atoms with van der Waals surface area (Å²) in [6, 6.07) is 3.22. The fourth-order valence-corrected chi connectivity index (χ4v) is 1.70.